The van der Waals surface area contributed by atoms with Gasteiger partial charge in [-0.05, 0) is 52.6 Å². The molecule has 0 aliphatic carbocycles. The number of hydrogen-bond acceptors (Lipinski definition) is 8. The van der Waals surface area contributed by atoms with E-state index in [1.165, 1.54) is 18.2 Å². The van der Waals surface area contributed by atoms with Crippen molar-refractivity contribution in [2.24, 2.45) is 20.5 Å². The van der Waals surface area contributed by atoms with Crippen LogP contribution in [-0.2, 0) is 10.1 Å². The summed E-state index contributed by atoms with van der Waals surface area (Å²) in [4.78, 5) is -0.602. The van der Waals surface area contributed by atoms with Crippen molar-refractivity contribution in [3.63, 3.8) is 0 Å². The molecule has 0 aliphatic rings. The predicted octanol–water partition coefficient (Wildman–Crippen LogP) is 7.36. The number of nitrogens with two attached hydrogens (primary N) is 1. The van der Waals surface area contributed by atoms with Crippen LogP contribution in [0.2, 0.25) is 0 Å². The van der Waals surface area contributed by atoms with E-state index in [1.54, 1.807) is 24.3 Å². The van der Waals surface area contributed by atoms with Gasteiger partial charge < -0.3 is 10.8 Å². The summed E-state index contributed by atoms with van der Waals surface area (Å²) in [5.74, 6) is -0.557. The Labute approximate surface area is 206 Å². The molecule has 0 atom stereocenters. The van der Waals surface area contributed by atoms with Crippen molar-refractivity contribution >= 4 is 60.1 Å². The van der Waals surface area contributed by atoms with Gasteiger partial charge in [-0.25, -0.2) is 0 Å². The molecule has 10 heteroatoms. The number of fused-ring (bicyclic) bond motifs is 2. The summed E-state index contributed by atoms with van der Waals surface area (Å²) in [5.41, 5.74) is 7.20. The minimum atomic E-state index is -4.75. The molecule has 5 aromatic rings. The standard InChI is InChI=1S/C26H19N5O4S/c27-24-21(30-28-19-8-2-1-3-9-19)13-11-18-15-22(36(33,34)35)25(26(32)23(18)24)31-29-20-12-10-16-6-4-5-7-17(16)14-20/h1-15,32H,27H2,(H,33,34,35). The van der Waals surface area contributed by atoms with E-state index in [2.05, 4.69) is 20.5 Å². The molecule has 36 heavy (non-hydrogen) atoms. The first-order chi connectivity index (χ1) is 17.3. The Hall–Kier alpha value is -4.67. The maximum atomic E-state index is 12.1. The highest BCUT2D eigenvalue weighted by Crippen LogP contribution is 2.46. The molecule has 5 rings (SSSR count). The Morgan fingerprint density at radius 1 is 0.667 bits per heavy atom. The van der Waals surface area contributed by atoms with Crippen LogP contribution in [0.25, 0.3) is 21.5 Å². The highest BCUT2D eigenvalue weighted by Gasteiger charge is 2.24. The van der Waals surface area contributed by atoms with Crippen molar-refractivity contribution < 1.29 is 18.1 Å². The van der Waals surface area contributed by atoms with E-state index in [4.69, 9.17) is 5.73 Å². The van der Waals surface area contributed by atoms with Crippen molar-refractivity contribution in [3.8, 4) is 5.75 Å². The summed E-state index contributed by atoms with van der Waals surface area (Å²) in [6, 6.07) is 26.2. The zero-order chi connectivity index (χ0) is 25.3. The molecule has 0 aliphatic heterocycles. The van der Waals surface area contributed by atoms with Crippen LogP contribution in [0.4, 0.5) is 28.4 Å². The number of aromatic hydroxyl groups is 1. The largest absolute Gasteiger partial charge is 0.505 e. The second-order valence-corrected chi connectivity index (χ2v) is 9.30. The molecule has 0 heterocycles. The third kappa shape index (κ3) is 4.50. The molecule has 9 nitrogen and oxygen atoms in total. The molecule has 0 bridgehead atoms. The lowest BCUT2D eigenvalue weighted by atomic mass is 10.1. The van der Waals surface area contributed by atoms with Gasteiger partial charge in [0.25, 0.3) is 10.1 Å². The number of nitrogens with zero attached hydrogens (tertiary/aromatic N) is 4. The molecule has 0 amide bonds. The Morgan fingerprint density at radius 2 is 1.33 bits per heavy atom. The fourth-order valence-corrected chi connectivity index (χ4v) is 4.45. The van der Waals surface area contributed by atoms with Crippen LogP contribution < -0.4 is 5.73 Å². The second kappa shape index (κ2) is 9.17. The molecule has 0 fully saturated rings. The Kier molecular flexibility index (Phi) is 5.88. The normalized spacial score (nSPS) is 12.2. The third-order valence-corrected chi connectivity index (χ3v) is 6.41. The Balaban J connectivity index is 1.64. The SMILES string of the molecule is Nc1c(N=Nc2ccccc2)ccc2cc(S(=O)(=O)O)c(N=Nc3ccc4ccccc4c3)c(O)c12. The first kappa shape index (κ1) is 23.1. The summed E-state index contributed by atoms with van der Waals surface area (Å²) < 4.78 is 34.1. The summed E-state index contributed by atoms with van der Waals surface area (Å²) in [6.07, 6.45) is 0. The molecule has 0 spiro atoms. The number of nitrogen functional groups attached to an aromatic ring is 1. The topological polar surface area (TPSA) is 150 Å². The van der Waals surface area contributed by atoms with Crippen LogP contribution in [0.15, 0.2) is 116 Å². The first-order valence-corrected chi connectivity index (χ1v) is 12.2. The third-order valence-electron chi connectivity index (χ3n) is 5.54. The Morgan fingerprint density at radius 3 is 2.08 bits per heavy atom. The fraction of sp³-hybridized carbons (Fsp3) is 0. The van der Waals surface area contributed by atoms with E-state index in [0.717, 1.165) is 10.8 Å². The highest BCUT2D eigenvalue weighted by atomic mass is 32.2. The van der Waals surface area contributed by atoms with Crippen LogP contribution in [0, 0.1) is 0 Å². The molecular formula is C26H19N5O4S. The van der Waals surface area contributed by atoms with E-state index in [1.807, 2.05) is 48.5 Å². The highest BCUT2D eigenvalue weighted by molar-refractivity contribution is 7.86. The van der Waals surface area contributed by atoms with E-state index in [0.29, 0.717) is 11.4 Å². The maximum absolute atomic E-state index is 12.1. The van der Waals surface area contributed by atoms with Gasteiger partial charge in [-0.1, -0.05) is 54.6 Å². The summed E-state index contributed by atoms with van der Waals surface area (Å²) in [7, 11) is -4.75. The van der Waals surface area contributed by atoms with Gasteiger partial charge in [0.15, 0.2) is 5.75 Å². The van der Waals surface area contributed by atoms with Crippen molar-refractivity contribution in [2.45, 2.75) is 4.90 Å². The smallest absolute Gasteiger partial charge is 0.296 e. The zero-order valence-corrected chi connectivity index (χ0v) is 19.5. The lowest BCUT2D eigenvalue weighted by molar-refractivity contribution is 0.472. The fourth-order valence-electron chi connectivity index (χ4n) is 3.79. The van der Waals surface area contributed by atoms with Gasteiger partial charge >= 0.3 is 0 Å². The van der Waals surface area contributed by atoms with Crippen molar-refractivity contribution in [1.29, 1.82) is 0 Å². The molecular weight excluding hydrogens is 478 g/mol. The number of azo groups is 2. The molecule has 4 N–H and O–H groups in total. The van der Waals surface area contributed by atoms with Crippen molar-refractivity contribution in [2.75, 3.05) is 5.73 Å². The lowest BCUT2D eigenvalue weighted by Crippen LogP contribution is -2.00. The minimum Gasteiger partial charge on any atom is -0.505 e. The average molecular weight is 498 g/mol. The number of benzene rings is 5. The van der Waals surface area contributed by atoms with Crippen molar-refractivity contribution in [1.82, 2.24) is 0 Å². The molecule has 0 unspecified atom stereocenters. The van der Waals surface area contributed by atoms with E-state index >= 15 is 0 Å². The Bertz CT molecular complexity index is 1790. The first-order valence-electron chi connectivity index (χ1n) is 10.7. The molecule has 0 saturated heterocycles. The van der Waals surface area contributed by atoms with E-state index in [9.17, 15) is 18.1 Å². The average Bonchev–Trinajstić information content (AvgIpc) is 2.87. The molecule has 0 aromatic heterocycles. The quantitative estimate of drug-likeness (QED) is 0.132. The maximum Gasteiger partial charge on any atom is 0.296 e. The minimum absolute atomic E-state index is 0.0636. The predicted molar refractivity (Wildman–Crippen MR) is 139 cm³/mol. The van der Waals surface area contributed by atoms with Crippen LogP contribution in [-0.4, -0.2) is 18.1 Å². The monoisotopic (exact) mass is 497 g/mol. The van der Waals surface area contributed by atoms with Crippen LogP contribution in [0.1, 0.15) is 0 Å². The van der Waals surface area contributed by atoms with Gasteiger partial charge in [-0.15, -0.1) is 10.2 Å². The lowest BCUT2D eigenvalue weighted by Gasteiger charge is -2.11. The van der Waals surface area contributed by atoms with Gasteiger partial charge in [-0.2, -0.15) is 18.6 Å². The summed E-state index contributed by atoms with van der Waals surface area (Å²) in [5, 5.41) is 29.7. The van der Waals surface area contributed by atoms with Gasteiger partial charge in [-0.3, -0.25) is 4.55 Å². The van der Waals surface area contributed by atoms with Gasteiger partial charge in [0.2, 0.25) is 0 Å². The molecule has 0 saturated carbocycles. The van der Waals surface area contributed by atoms with Gasteiger partial charge in [0, 0.05) is 0 Å². The van der Waals surface area contributed by atoms with Crippen LogP contribution >= 0.6 is 0 Å². The zero-order valence-electron chi connectivity index (χ0n) is 18.6. The van der Waals surface area contributed by atoms with Crippen LogP contribution in [0.3, 0.4) is 0 Å². The van der Waals surface area contributed by atoms with Crippen molar-refractivity contribution in [3.05, 3.63) is 91.0 Å². The van der Waals surface area contributed by atoms with Gasteiger partial charge in [0.05, 0.1) is 22.4 Å². The van der Waals surface area contributed by atoms with E-state index in [-0.39, 0.29) is 22.1 Å². The number of phenols is 1. The summed E-state index contributed by atoms with van der Waals surface area (Å²) >= 11 is 0. The number of phenolic OH excluding ortho intramolecular Hbond substituents is 1. The molecule has 178 valence electrons. The summed E-state index contributed by atoms with van der Waals surface area (Å²) in [6.45, 7) is 0. The number of rotatable bonds is 5. The number of anilines is 1. The number of hydrogen-bond donors (Lipinski definition) is 3. The van der Waals surface area contributed by atoms with E-state index < -0.39 is 26.5 Å². The van der Waals surface area contributed by atoms with Crippen LogP contribution in [0.5, 0.6) is 5.75 Å². The molecule has 5 aromatic carbocycles. The second-order valence-electron chi connectivity index (χ2n) is 7.91. The van der Waals surface area contributed by atoms with Gasteiger partial charge in [0.1, 0.15) is 16.3 Å². The molecule has 0 radical (unpaired) electrons.